The summed E-state index contributed by atoms with van der Waals surface area (Å²) in [7, 11) is 0. The lowest BCUT2D eigenvalue weighted by molar-refractivity contribution is -0.117. The molecule has 0 aromatic carbocycles. The summed E-state index contributed by atoms with van der Waals surface area (Å²) in [5, 5.41) is 2.85. The maximum absolute atomic E-state index is 11.6. The van der Waals surface area contributed by atoms with Gasteiger partial charge < -0.3 is 5.32 Å². The minimum Gasteiger partial charge on any atom is -0.326 e. The van der Waals surface area contributed by atoms with E-state index in [1.807, 2.05) is 0 Å². The third-order valence-corrected chi connectivity index (χ3v) is 2.61. The van der Waals surface area contributed by atoms with Crippen molar-refractivity contribution >= 4 is 11.6 Å². The first-order chi connectivity index (χ1) is 7.09. The monoisotopic (exact) mass is 206 g/mol. The van der Waals surface area contributed by atoms with Crippen molar-refractivity contribution in [3.63, 3.8) is 0 Å². The van der Waals surface area contributed by atoms with Crippen LogP contribution in [0.1, 0.15) is 27.2 Å². The number of amides is 1. The Morgan fingerprint density at radius 2 is 1.93 bits per heavy atom. The van der Waals surface area contributed by atoms with E-state index >= 15 is 0 Å². The Balaban J connectivity index is 2.43. The zero-order valence-electron chi connectivity index (χ0n) is 9.53. The highest BCUT2D eigenvalue weighted by atomic mass is 16.1. The molecule has 0 spiro atoms. The summed E-state index contributed by atoms with van der Waals surface area (Å²) in [6, 6.07) is 3.58. The number of nitrogens with one attached hydrogen (secondary N) is 1. The van der Waals surface area contributed by atoms with Gasteiger partial charge in [0.05, 0.1) is 0 Å². The quantitative estimate of drug-likeness (QED) is 0.823. The molecule has 0 saturated carbocycles. The van der Waals surface area contributed by atoms with E-state index in [0.717, 1.165) is 5.69 Å². The second-order valence-electron chi connectivity index (χ2n) is 4.21. The second kappa shape index (κ2) is 5.49. The summed E-state index contributed by atoms with van der Waals surface area (Å²) in [5.41, 5.74) is 0.811. The molecule has 0 bridgehead atoms. The molecule has 82 valence electrons. The van der Waals surface area contributed by atoms with Gasteiger partial charge >= 0.3 is 0 Å². The highest BCUT2D eigenvalue weighted by molar-refractivity contribution is 5.90. The van der Waals surface area contributed by atoms with Gasteiger partial charge in [0.2, 0.25) is 5.91 Å². The van der Waals surface area contributed by atoms with Crippen molar-refractivity contribution in [2.45, 2.75) is 27.2 Å². The first kappa shape index (κ1) is 11.7. The molecule has 0 radical (unpaired) electrons. The van der Waals surface area contributed by atoms with Crippen LogP contribution >= 0.6 is 0 Å². The van der Waals surface area contributed by atoms with Crippen LogP contribution in [0.3, 0.4) is 0 Å². The van der Waals surface area contributed by atoms with Crippen LogP contribution in [0.15, 0.2) is 24.5 Å². The van der Waals surface area contributed by atoms with Gasteiger partial charge in [-0.3, -0.25) is 9.78 Å². The van der Waals surface area contributed by atoms with Crippen LogP contribution in [0.25, 0.3) is 0 Å². The van der Waals surface area contributed by atoms with E-state index < -0.39 is 0 Å². The molecule has 3 heteroatoms. The molecular formula is C12H18N2O. The average molecular weight is 206 g/mol. The summed E-state index contributed by atoms with van der Waals surface area (Å²) in [6.07, 6.45) is 3.91. The third-order valence-electron chi connectivity index (χ3n) is 2.61. The molecule has 1 rings (SSSR count). The molecule has 15 heavy (non-hydrogen) atoms. The van der Waals surface area contributed by atoms with Crippen molar-refractivity contribution in [2.24, 2.45) is 11.8 Å². The first-order valence-corrected chi connectivity index (χ1v) is 5.29. The van der Waals surface area contributed by atoms with Crippen LogP contribution in [0, 0.1) is 11.8 Å². The van der Waals surface area contributed by atoms with E-state index in [4.69, 9.17) is 0 Å². The van der Waals surface area contributed by atoms with Crippen LogP contribution in [0.5, 0.6) is 0 Å². The summed E-state index contributed by atoms with van der Waals surface area (Å²) in [6.45, 7) is 6.35. The standard InChI is InChI=1S/C12H18N2O/c1-9(2)10(3)8-12(15)14-11-4-6-13-7-5-11/h4-7,9-10H,8H2,1-3H3,(H,13,14,15). The molecule has 1 N–H and O–H groups in total. The first-order valence-electron chi connectivity index (χ1n) is 5.29. The van der Waals surface area contributed by atoms with Gasteiger partial charge in [-0.25, -0.2) is 0 Å². The maximum atomic E-state index is 11.6. The molecule has 0 saturated heterocycles. The molecule has 1 aromatic rings. The van der Waals surface area contributed by atoms with Gasteiger partial charge in [-0.05, 0) is 24.0 Å². The van der Waals surface area contributed by atoms with E-state index in [-0.39, 0.29) is 5.91 Å². The van der Waals surface area contributed by atoms with Crippen molar-refractivity contribution in [2.75, 3.05) is 5.32 Å². The predicted octanol–water partition coefficient (Wildman–Crippen LogP) is 2.70. The summed E-state index contributed by atoms with van der Waals surface area (Å²) < 4.78 is 0. The maximum Gasteiger partial charge on any atom is 0.224 e. The van der Waals surface area contributed by atoms with E-state index in [1.54, 1.807) is 24.5 Å². The van der Waals surface area contributed by atoms with Crippen LogP contribution < -0.4 is 5.32 Å². The number of nitrogens with zero attached hydrogens (tertiary/aromatic N) is 1. The van der Waals surface area contributed by atoms with Crippen molar-refractivity contribution in [1.29, 1.82) is 0 Å². The number of aromatic nitrogens is 1. The lowest BCUT2D eigenvalue weighted by Gasteiger charge is -2.14. The number of rotatable bonds is 4. The average Bonchev–Trinajstić information content (AvgIpc) is 2.18. The van der Waals surface area contributed by atoms with Gasteiger partial charge in [-0.1, -0.05) is 20.8 Å². The third kappa shape index (κ3) is 4.11. The Kier molecular flexibility index (Phi) is 4.28. The highest BCUT2D eigenvalue weighted by Gasteiger charge is 2.12. The molecule has 0 aliphatic carbocycles. The smallest absolute Gasteiger partial charge is 0.224 e. The van der Waals surface area contributed by atoms with Gasteiger partial charge in [0, 0.05) is 24.5 Å². The van der Waals surface area contributed by atoms with Crippen molar-refractivity contribution in [1.82, 2.24) is 4.98 Å². The van der Waals surface area contributed by atoms with Crippen LogP contribution in [-0.2, 0) is 4.79 Å². The molecule has 1 aromatic heterocycles. The summed E-state index contributed by atoms with van der Waals surface area (Å²) in [5.74, 6) is 1.02. The fourth-order valence-corrected chi connectivity index (χ4v) is 1.18. The lowest BCUT2D eigenvalue weighted by atomic mass is 9.94. The highest BCUT2D eigenvalue weighted by Crippen LogP contribution is 2.15. The van der Waals surface area contributed by atoms with E-state index in [9.17, 15) is 4.79 Å². The number of carbonyl (C=O) groups is 1. The molecule has 1 atom stereocenters. The molecule has 0 aliphatic heterocycles. The van der Waals surface area contributed by atoms with E-state index in [0.29, 0.717) is 18.3 Å². The van der Waals surface area contributed by atoms with Gasteiger partial charge in [0.1, 0.15) is 0 Å². The van der Waals surface area contributed by atoms with Crippen molar-refractivity contribution < 1.29 is 4.79 Å². The fraction of sp³-hybridized carbons (Fsp3) is 0.500. The Morgan fingerprint density at radius 3 is 2.47 bits per heavy atom. The number of pyridine rings is 1. The second-order valence-corrected chi connectivity index (χ2v) is 4.21. The summed E-state index contributed by atoms with van der Waals surface area (Å²) >= 11 is 0. The number of anilines is 1. The fourth-order valence-electron chi connectivity index (χ4n) is 1.18. The van der Waals surface area contributed by atoms with Crippen LogP contribution in [0.2, 0.25) is 0 Å². The molecule has 0 fully saturated rings. The molecule has 1 heterocycles. The van der Waals surface area contributed by atoms with Crippen molar-refractivity contribution in [3.8, 4) is 0 Å². The van der Waals surface area contributed by atoms with Crippen LogP contribution in [0.4, 0.5) is 5.69 Å². The molecule has 3 nitrogen and oxygen atoms in total. The van der Waals surface area contributed by atoms with E-state index in [1.165, 1.54) is 0 Å². The van der Waals surface area contributed by atoms with Gasteiger partial charge in [0.25, 0.3) is 0 Å². The number of hydrogen-bond acceptors (Lipinski definition) is 2. The zero-order valence-corrected chi connectivity index (χ0v) is 9.53. The minimum atomic E-state index is 0.0717. The molecule has 0 aliphatic rings. The predicted molar refractivity (Wildman–Crippen MR) is 61.5 cm³/mol. The Hall–Kier alpha value is -1.38. The molecule has 1 amide bonds. The number of hydrogen-bond donors (Lipinski definition) is 1. The largest absolute Gasteiger partial charge is 0.326 e. The van der Waals surface area contributed by atoms with Gasteiger partial charge in [-0.15, -0.1) is 0 Å². The van der Waals surface area contributed by atoms with Crippen LogP contribution in [-0.4, -0.2) is 10.9 Å². The zero-order chi connectivity index (χ0) is 11.3. The Labute approximate surface area is 90.9 Å². The van der Waals surface area contributed by atoms with Crippen molar-refractivity contribution in [3.05, 3.63) is 24.5 Å². The summed E-state index contributed by atoms with van der Waals surface area (Å²) in [4.78, 5) is 15.5. The molecular weight excluding hydrogens is 188 g/mol. The normalized spacial score (nSPS) is 12.5. The van der Waals surface area contributed by atoms with Gasteiger partial charge in [-0.2, -0.15) is 0 Å². The minimum absolute atomic E-state index is 0.0717. The molecule has 1 unspecified atom stereocenters. The Bertz CT molecular complexity index is 309. The Morgan fingerprint density at radius 1 is 1.33 bits per heavy atom. The topological polar surface area (TPSA) is 42.0 Å². The van der Waals surface area contributed by atoms with Gasteiger partial charge in [0.15, 0.2) is 0 Å². The SMILES string of the molecule is CC(C)C(C)CC(=O)Nc1ccncc1. The number of carbonyl (C=O) groups excluding carboxylic acids is 1. The van der Waals surface area contributed by atoms with E-state index in [2.05, 4.69) is 31.1 Å². The lowest BCUT2D eigenvalue weighted by Crippen LogP contribution is -2.17.